The van der Waals surface area contributed by atoms with Gasteiger partial charge in [0.25, 0.3) is 0 Å². The number of rotatable bonds is 44. The molecule has 0 bridgehead atoms. The first kappa shape index (κ1) is 66.3. The van der Waals surface area contributed by atoms with Crippen molar-refractivity contribution in [2.45, 2.75) is 268 Å². The maximum atomic E-state index is 13.0. The number of aliphatic hydroxyl groups is 7. The fourth-order valence-electron chi connectivity index (χ4n) is 8.71. The molecule has 2 rings (SSSR count). The van der Waals surface area contributed by atoms with Gasteiger partial charge in [-0.25, -0.2) is 0 Å². The molecule has 2 heterocycles. The van der Waals surface area contributed by atoms with Gasteiger partial charge in [-0.1, -0.05) is 209 Å². The van der Waals surface area contributed by atoms with Crippen LogP contribution in [0.2, 0.25) is 0 Å². The van der Waals surface area contributed by atoms with E-state index in [2.05, 4.69) is 50.3 Å². The van der Waals surface area contributed by atoms with E-state index in [0.29, 0.717) is 12.8 Å². The van der Waals surface area contributed by atoms with E-state index in [4.69, 9.17) is 28.4 Å². The Kier molecular flexibility index (Phi) is 40.3. The molecule has 15 heteroatoms. The smallest absolute Gasteiger partial charge is 0.310 e. The lowest BCUT2D eigenvalue weighted by atomic mass is 9.98. The van der Waals surface area contributed by atoms with Crippen molar-refractivity contribution in [3.63, 3.8) is 0 Å². The first-order valence-corrected chi connectivity index (χ1v) is 28.4. The molecular formula is C58H100O15. The standard InChI is InChI=1S/C58H100O15/c1-3-5-7-9-11-13-15-17-19-20-21-22-23-24-25-27-28-30-32-34-36-38-40-49(60)68-43-46(71-50(61)41-39-37-35-33-31-29-26-18-16-14-12-10-8-6-4-2)44-69-57-56(67)54(65)52(63)48(73-57)45-70-58-55(66)53(64)51(62)47(42-59)72-58/h6,8,12,14,18,26,31,33,37,39,46-48,51-59,62-67H,3-5,7,9-11,13,15-17,19-25,27-30,32,34-36,38,40-45H2,1-2H3/b8-6-,14-12-,26-18-,33-31-,39-37-. The number of esters is 2. The molecule has 0 saturated carbocycles. The predicted molar refractivity (Wildman–Crippen MR) is 284 cm³/mol. The van der Waals surface area contributed by atoms with Gasteiger partial charge >= 0.3 is 11.9 Å². The van der Waals surface area contributed by atoms with Crippen molar-refractivity contribution < 1.29 is 73.8 Å². The van der Waals surface area contributed by atoms with Crippen molar-refractivity contribution in [2.75, 3.05) is 26.4 Å². The van der Waals surface area contributed by atoms with Crippen LogP contribution in [0.1, 0.15) is 200 Å². The molecule has 0 radical (unpaired) electrons. The summed E-state index contributed by atoms with van der Waals surface area (Å²) in [5.74, 6) is -1.07. The number of hydrogen-bond acceptors (Lipinski definition) is 15. The average Bonchev–Trinajstić information content (AvgIpc) is 3.38. The van der Waals surface area contributed by atoms with Crippen LogP contribution < -0.4 is 0 Å². The van der Waals surface area contributed by atoms with Crippen LogP contribution in [-0.2, 0) is 38.0 Å². The van der Waals surface area contributed by atoms with E-state index < -0.39 is 99.3 Å². The van der Waals surface area contributed by atoms with Gasteiger partial charge in [0.1, 0.15) is 55.4 Å². The molecular weight excluding hydrogens is 937 g/mol. The first-order valence-electron chi connectivity index (χ1n) is 28.4. The quantitative estimate of drug-likeness (QED) is 0.0171. The van der Waals surface area contributed by atoms with Crippen molar-refractivity contribution in [3.8, 4) is 0 Å². The lowest BCUT2D eigenvalue weighted by Gasteiger charge is -2.42. The summed E-state index contributed by atoms with van der Waals surface area (Å²) in [6, 6.07) is 0. The Morgan fingerprint density at radius 1 is 0.452 bits per heavy atom. The van der Waals surface area contributed by atoms with Crippen LogP contribution in [0.15, 0.2) is 60.8 Å². The molecule has 0 aromatic carbocycles. The van der Waals surface area contributed by atoms with E-state index in [1.54, 1.807) is 6.08 Å². The number of carbonyl (C=O) groups excluding carboxylic acids is 2. The summed E-state index contributed by atoms with van der Waals surface area (Å²) in [5, 5.41) is 72.2. The third-order valence-corrected chi connectivity index (χ3v) is 13.3. The summed E-state index contributed by atoms with van der Waals surface area (Å²) < 4.78 is 33.5. The predicted octanol–water partition coefficient (Wildman–Crippen LogP) is 9.22. The van der Waals surface area contributed by atoms with Crippen LogP contribution in [0.4, 0.5) is 0 Å². The van der Waals surface area contributed by atoms with Gasteiger partial charge in [0.2, 0.25) is 0 Å². The van der Waals surface area contributed by atoms with Crippen LogP contribution in [-0.4, -0.2) is 142 Å². The SMILES string of the molecule is CC/C=C\C/C=C\C/C=C\C/C=C\C/C=C\CC(=O)OC(COC(=O)CCCCCCCCCCCCCCCCCCCCCCCC)COC1OC(COC2OC(CO)C(O)C(O)C2O)C(O)C(O)C1O. The molecule has 2 fully saturated rings. The second kappa shape index (κ2) is 44.3. The molecule has 2 saturated heterocycles. The summed E-state index contributed by atoms with van der Waals surface area (Å²) in [5.41, 5.74) is 0. The van der Waals surface area contributed by atoms with Crippen molar-refractivity contribution >= 4 is 11.9 Å². The molecule has 422 valence electrons. The summed E-state index contributed by atoms with van der Waals surface area (Å²) in [6.45, 7) is 2.39. The number of aliphatic hydroxyl groups excluding tert-OH is 7. The molecule has 0 aliphatic carbocycles. The van der Waals surface area contributed by atoms with Crippen molar-refractivity contribution in [1.29, 1.82) is 0 Å². The highest BCUT2D eigenvalue weighted by molar-refractivity contribution is 5.71. The highest BCUT2D eigenvalue weighted by atomic mass is 16.7. The Morgan fingerprint density at radius 3 is 1.30 bits per heavy atom. The van der Waals surface area contributed by atoms with E-state index in [1.165, 1.54) is 116 Å². The maximum Gasteiger partial charge on any atom is 0.310 e. The lowest BCUT2D eigenvalue weighted by molar-refractivity contribution is -0.332. The molecule has 15 nitrogen and oxygen atoms in total. The molecule has 7 N–H and O–H groups in total. The highest BCUT2D eigenvalue weighted by Gasteiger charge is 2.47. The fourth-order valence-corrected chi connectivity index (χ4v) is 8.71. The van der Waals surface area contributed by atoms with Gasteiger partial charge in [-0.2, -0.15) is 0 Å². The zero-order valence-corrected chi connectivity index (χ0v) is 44.9. The van der Waals surface area contributed by atoms with Crippen molar-refractivity contribution in [1.82, 2.24) is 0 Å². The van der Waals surface area contributed by atoms with Gasteiger partial charge in [0.15, 0.2) is 18.7 Å². The topological polar surface area (TPSA) is 231 Å². The second-order valence-electron chi connectivity index (χ2n) is 19.8. The van der Waals surface area contributed by atoms with Crippen LogP contribution in [0.3, 0.4) is 0 Å². The van der Waals surface area contributed by atoms with Crippen LogP contribution in [0, 0.1) is 0 Å². The molecule has 0 aromatic rings. The fraction of sp³-hybridized carbons (Fsp3) is 0.793. The first-order chi connectivity index (χ1) is 35.5. The maximum absolute atomic E-state index is 13.0. The van der Waals surface area contributed by atoms with Gasteiger partial charge in [-0.3, -0.25) is 9.59 Å². The van der Waals surface area contributed by atoms with Gasteiger partial charge < -0.3 is 64.2 Å². The minimum atomic E-state index is -1.78. The molecule has 73 heavy (non-hydrogen) atoms. The normalized spacial score (nSPS) is 25.3. The largest absolute Gasteiger partial charge is 0.462 e. The number of hydrogen-bond donors (Lipinski definition) is 7. The minimum absolute atomic E-state index is 0.0672. The zero-order valence-electron chi connectivity index (χ0n) is 44.9. The third-order valence-electron chi connectivity index (χ3n) is 13.3. The monoisotopic (exact) mass is 1040 g/mol. The van der Waals surface area contributed by atoms with Gasteiger partial charge in [0.05, 0.1) is 26.2 Å². The second-order valence-corrected chi connectivity index (χ2v) is 19.8. The Hall–Kier alpha value is -2.80. The van der Waals surface area contributed by atoms with E-state index in [0.717, 1.165) is 44.9 Å². The van der Waals surface area contributed by atoms with E-state index in [-0.39, 0.29) is 19.4 Å². The van der Waals surface area contributed by atoms with Crippen LogP contribution >= 0.6 is 0 Å². The number of allylic oxidation sites excluding steroid dienone is 9. The highest BCUT2D eigenvalue weighted by Crippen LogP contribution is 2.26. The van der Waals surface area contributed by atoms with Crippen molar-refractivity contribution in [2.24, 2.45) is 0 Å². The number of unbranched alkanes of at least 4 members (excludes halogenated alkanes) is 21. The Labute approximate surface area is 439 Å². The molecule has 2 aliphatic rings. The minimum Gasteiger partial charge on any atom is -0.462 e. The Balaban J connectivity index is 1.77. The lowest BCUT2D eigenvalue weighted by Crippen LogP contribution is -2.61. The van der Waals surface area contributed by atoms with Crippen LogP contribution in [0.5, 0.6) is 0 Å². The summed E-state index contributed by atoms with van der Waals surface area (Å²) in [4.78, 5) is 25.8. The third kappa shape index (κ3) is 31.8. The molecule has 2 aliphatic heterocycles. The molecule has 11 atom stereocenters. The van der Waals surface area contributed by atoms with Crippen LogP contribution in [0.25, 0.3) is 0 Å². The average molecular weight is 1040 g/mol. The van der Waals surface area contributed by atoms with Gasteiger partial charge in [0, 0.05) is 6.42 Å². The number of ether oxygens (including phenoxy) is 6. The molecule has 0 aromatic heterocycles. The van der Waals surface area contributed by atoms with Gasteiger partial charge in [-0.15, -0.1) is 0 Å². The Bertz CT molecular complexity index is 1500. The summed E-state index contributed by atoms with van der Waals surface area (Å²) in [6.07, 6.45) is 35.7. The Morgan fingerprint density at radius 2 is 0.849 bits per heavy atom. The summed E-state index contributed by atoms with van der Waals surface area (Å²) >= 11 is 0. The van der Waals surface area contributed by atoms with E-state index in [9.17, 15) is 45.3 Å². The van der Waals surface area contributed by atoms with Crippen molar-refractivity contribution in [3.05, 3.63) is 60.8 Å². The van der Waals surface area contributed by atoms with Gasteiger partial charge in [-0.05, 0) is 38.5 Å². The number of carbonyl (C=O) groups is 2. The molecule has 11 unspecified atom stereocenters. The molecule has 0 amide bonds. The zero-order chi connectivity index (χ0) is 53.2. The molecule has 0 spiro atoms. The van der Waals surface area contributed by atoms with E-state index in [1.807, 2.05) is 18.2 Å². The van der Waals surface area contributed by atoms with E-state index >= 15 is 0 Å². The summed E-state index contributed by atoms with van der Waals surface area (Å²) in [7, 11) is 0.